The molecule has 0 amide bonds. The molecule has 4 nitrogen and oxygen atoms in total. The average Bonchev–Trinajstić information content (AvgIpc) is 2.99. The van der Waals surface area contributed by atoms with Crippen molar-refractivity contribution in [1.29, 1.82) is 0 Å². The molecule has 4 heteroatoms. The van der Waals surface area contributed by atoms with Crippen molar-refractivity contribution in [3.05, 3.63) is 77.9 Å². The largest absolute Gasteiger partial charge is 0.497 e. The summed E-state index contributed by atoms with van der Waals surface area (Å²) in [5.41, 5.74) is 0.970. The molecule has 0 aromatic heterocycles. The molecule has 0 unspecified atom stereocenters. The Hall–Kier alpha value is -2.88. The zero-order chi connectivity index (χ0) is 17.3. The molecule has 2 aliphatic rings. The van der Waals surface area contributed by atoms with E-state index in [1.165, 1.54) is 0 Å². The molecule has 1 heterocycles. The molecule has 0 saturated heterocycles. The fourth-order valence-electron chi connectivity index (χ4n) is 3.58. The summed E-state index contributed by atoms with van der Waals surface area (Å²) in [5, 5.41) is 0. The Labute approximate surface area is 146 Å². The first-order valence-electron chi connectivity index (χ1n) is 8.39. The van der Waals surface area contributed by atoms with Crippen LogP contribution in [0, 0.1) is 0 Å². The monoisotopic (exact) mass is 333 g/mol. The molecule has 1 spiro atoms. The molecule has 0 bridgehead atoms. The van der Waals surface area contributed by atoms with Crippen LogP contribution >= 0.6 is 0 Å². The van der Waals surface area contributed by atoms with E-state index in [1.54, 1.807) is 7.11 Å². The molecule has 1 aliphatic heterocycles. The van der Waals surface area contributed by atoms with Crippen LogP contribution in [0.5, 0.6) is 5.75 Å². The molecule has 4 rings (SSSR count). The average molecular weight is 333 g/mol. The van der Waals surface area contributed by atoms with Crippen molar-refractivity contribution in [3.63, 3.8) is 0 Å². The van der Waals surface area contributed by atoms with Crippen molar-refractivity contribution < 1.29 is 14.3 Å². The van der Waals surface area contributed by atoms with Gasteiger partial charge in [0.2, 0.25) is 5.90 Å². The summed E-state index contributed by atoms with van der Waals surface area (Å²) in [4.78, 5) is 17.7. The molecule has 126 valence electrons. The first-order chi connectivity index (χ1) is 12.2. The molecule has 0 fully saturated rings. The maximum Gasteiger partial charge on any atom is 0.341 e. The van der Waals surface area contributed by atoms with E-state index in [2.05, 4.69) is 6.08 Å². The summed E-state index contributed by atoms with van der Waals surface area (Å²) in [5.74, 6) is 0.847. The highest BCUT2D eigenvalue weighted by atomic mass is 16.6. The quantitative estimate of drug-likeness (QED) is 0.633. The van der Waals surface area contributed by atoms with E-state index in [-0.39, 0.29) is 11.9 Å². The van der Waals surface area contributed by atoms with Crippen LogP contribution in [-0.4, -0.2) is 24.5 Å². The molecular formula is C21H19NO3. The van der Waals surface area contributed by atoms with Gasteiger partial charge in [0.05, 0.1) is 7.11 Å². The van der Waals surface area contributed by atoms with Gasteiger partial charge in [0, 0.05) is 17.9 Å². The summed E-state index contributed by atoms with van der Waals surface area (Å²) in [6, 6.07) is 17.4. The Bertz CT molecular complexity index is 856. The van der Waals surface area contributed by atoms with Gasteiger partial charge in [-0.25, -0.2) is 9.79 Å². The molecule has 0 radical (unpaired) electrons. The van der Waals surface area contributed by atoms with Gasteiger partial charge in [-0.05, 0) is 36.2 Å². The Morgan fingerprint density at radius 3 is 2.76 bits per heavy atom. The number of carbonyl (C=O) groups excluding carboxylic acids is 1. The van der Waals surface area contributed by atoms with E-state index in [0.717, 1.165) is 23.3 Å². The number of nitrogens with zero attached hydrogens (tertiary/aromatic N) is 1. The summed E-state index contributed by atoms with van der Waals surface area (Å²) >= 11 is 0. The fourth-order valence-corrected chi connectivity index (χ4v) is 3.58. The molecule has 25 heavy (non-hydrogen) atoms. The van der Waals surface area contributed by atoms with Crippen LogP contribution in [-0.2, 0) is 9.53 Å². The number of aliphatic imine (C=N–C) groups is 1. The third-order valence-corrected chi connectivity index (χ3v) is 4.90. The van der Waals surface area contributed by atoms with Gasteiger partial charge in [-0.2, -0.15) is 0 Å². The van der Waals surface area contributed by atoms with E-state index in [1.807, 2.05) is 60.7 Å². The number of methoxy groups -OCH3 is 1. The summed E-state index contributed by atoms with van der Waals surface area (Å²) in [7, 11) is 1.64. The third kappa shape index (κ3) is 2.64. The van der Waals surface area contributed by atoms with Gasteiger partial charge < -0.3 is 9.47 Å². The highest BCUT2D eigenvalue weighted by Gasteiger charge is 2.52. The van der Waals surface area contributed by atoms with E-state index in [4.69, 9.17) is 14.5 Å². The van der Waals surface area contributed by atoms with E-state index in [0.29, 0.717) is 12.3 Å². The van der Waals surface area contributed by atoms with Crippen LogP contribution in [0.15, 0.2) is 71.7 Å². The Balaban J connectivity index is 1.78. The number of esters is 1. The predicted octanol–water partition coefficient (Wildman–Crippen LogP) is 3.87. The van der Waals surface area contributed by atoms with Gasteiger partial charge in [0.25, 0.3) is 0 Å². The molecule has 2 aromatic rings. The highest BCUT2D eigenvalue weighted by Crippen LogP contribution is 2.45. The van der Waals surface area contributed by atoms with Crippen LogP contribution in [0.1, 0.15) is 29.9 Å². The lowest BCUT2D eigenvalue weighted by atomic mass is 9.73. The van der Waals surface area contributed by atoms with Crippen LogP contribution in [0.2, 0.25) is 0 Å². The maximum atomic E-state index is 12.9. The summed E-state index contributed by atoms with van der Waals surface area (Å²) in [6.07, 6.45) is 5.42. The molecule has 1 aliphatic carbocycles. The van der Waals surface area contributed by atoms with Gasteiger partial charge in [-0.15, -0.1) is 0 Å². The van der Waals surface area contributed by atoms with E-state index < -0.39 is 5.54 Å². The van der Waals surface area contributed by atoms with Gasteiger partial charge >= 0.3 is 5.97 Å². The zero-order valence-corrected chi connectivity index (χ0v) is 14.0. The van der Waals surface area contributed by atoms with Crippen LogP contribution < -0.4 is 4.74 Å². The number of cyclic esters (lactones) is 1. The Kier molecular flexibility index (Phi) is 3.88. The predicted molar refractivity (Wildman–Crippen MR) is 95.9 cm³/mol. The second-order valence-corrected chi connectivity index (χ2v) is 6.34. The van der Waals surface area contributed by atoms with Crippen LogP contribution in [0.3, 0.4) is 0 Å². The Morgan fingerprint density at radius 2 is 1.96 bits per heavy atom. The number of ether oxygens (including phenoxy) is 2. The number of benzene rings is 2. The number of hydrogen-bond donors (Lipinski definition) is 0. The lowest BCUT2D eigenvalue weighted by Gasteiger charge is -2.33. The highest BCUT2D eigenvalue weighted by molar-refractivity contribution is 6.08. The number of carbonyl (C=O) groups is 1. The molecule has 0 saturated carbocycles. The molecule has 2 aromatic carbocycles. The SMILES string of the molecule is COc1cccc([C@H]2CC=CC[C@@]23N=C(c2ccccc2)OC3=O)c1. The van der Waals surface area contributed by atoms with Crippen molar-refractivity contribution in [3.8, 4) is 5.75 Å². The van der Waals surface area contributed by atoms with Crippen molar-refractivity contribution >= 4 is 11.9 Å². The van der Waals surface area contributed by atoms with E-state index >= 15 is 0 Å². The molecule has 2 atom stereocenters. The summed E-state index contributed by atoms with van der Waals surface area (Å²) < 4.78 is 10.9. The number of hydrogen-bond acceptors (Lipinski definition) is 4. The second kappa shape index (κ2) is 6.20. The normalized spacial score (nSPS) is 24.9. The molecular weight excluding hydrogens is 314 g/mol. The fraction of sp³-hybridized carbons (Fsp3) is 0.238. The van der Waals surface area contributed by atoms with Crippen LogP contribution in [0.25, 0.3) is 0 Å². The van der Waals surface area contributed by atoms with E-state index in [9.17, 15) is 4.79 Å². The summed E-state index contributed by atoms with van der Waals surface area (Å²) in [6.45, 7) is 0. The second-order valence-electron chi connectivity index (χ2n) is 6.34. The standard InChI is InChI=1S/C21H19NO3/c1-24-17-11-7-10-16(14-17)18-12-5-6-13-21(18)20(23)25-19(22-21)15-8-3-2-4-9-15/h2-11,14,18H,12-13H2,1H3/t18-,21-/m1/s1. The van der Waals surface area contributed by atoms with Crippen LogP contribution in [0.4, 0.5) is 0 Å². The first kappa shape index (κ1) is 15.6. The number of allylic oxidation sites excluding steroid dienone is 1. The topological polar surface area (TPSA) is 47.9 Å². The van der Waals surface area contributed by atoms with Gasteiger partial charge in [-0.1, -0.05) is 42.5 Å². The number of rotatable bonds is 3. The van der Waals surface area contributed by atoms with Gasteiger partial charge in [0.15, 0.2) is 5.54 Å². The van der Waals surface area contributed by atoms with Crippen molar-refractivity contribution in [2.75, 3.05) is 7.11 Å². The zero-order valence-electron chi connectivity index (χ0n) is 14.0. The van der Waals surface area contributed by atoms with Gasteiger partial charge in [0.1, 0.15) is 5.75 Å². The lowest BCUT2D eigenvalue weighted by Crippen LogP contribution is -2.41. The molecule has 0 N–H and O–H groups in total. The van der Waals surface area contributed by atoms with Crippen molar-refractivity contribution in [1.82, 2.24) is 0 Å². The van der Waals surface area contributed by atoms with Crippen molar-refractivity contribution in [2.45, 2.75) is 24.3 Å². The smallest absolute Gasteiger partial charge is 0.341 e. The minimum absolute atomic E-state index is 0.0682. The minimum Gasteiger partial charge on any atom is -0.497 e. The minimum atomic E-state index is -0.897. The van der Waals surface area contributed by atoms with Gasteiger partial charge in [-0.3, -0.25) is 0 Å². The maximum absolute atomic E-state index is 12.9. The third-order valence-electron chi connectivity index (χ3n) is 4.90. The van der Waals surface area contributed by atoms with Crippen molar-refractivity contribution in [2.24, 2.45) is 4.99 Å². The lowest BCUT2D eigenvalue weighted by molar-refractivity contribution is -0.139. The Morgan fingerprint density at radius 1 is 1.12 bits per heavy atom. The first-order valence-corrected chi connectivity index (χ1v) is 8.39.